The minimum absolute atomic E-state index is 0.0928. The van der Waals surface area contributed by atoms with Crippen LogP contribution in [0.4, 0.5) is 23.0 Å². The summed E-state index contributed by atoms with van der Waals surface area (Å²) in [5, 5.41) is 6.48. The van der Waals surface area contributed by atoms with Gasteiger partial charge < -0.3 is 20.4 Å². The summed E-state index contributed by atoms with van der Waals surface area (Å²) in [7, 11) is -3.53. The third-order valence-electron chi connectivity index (χ3n) is 6.25. The zero-order valence-electron chi connectivity index (χ0n) is 20.7. The number of nitrogens with zero attached hydrogens (tertiary/aromatic N) is 4. The number of anilines is 4. The minimum Gasteiger partial charge on any atom is -0.374 e. The van der Waals surface area contributed by atoms with Crippen LogP contribution in [-0.4, -0.2) is 46.2 Å². The summed E-state index contributed by atoms with van der Waals surface area (Å²) in [4.78, 5) is 21.4. The van der Waals surface area contributed by atoms with Crippen molar-refractivity contribution >= 4 is 44.0 Å². The molecule has 1 aliphatic heterocycles. The number of H-pyrrole nitrogens is 1. The summed E-state index contributed by atoms with van der Waals surface area (Å²) in [5.41, 5.74) is 4.76. The topological polar surface area (TPSA) is 135 Å². The Morgan fingerprint density at radius 1 is 0.972 bits per heavy atom. The van der Waals surface area contributed by atoms with E-state index >= 15 is 0 Å². The molecule has 188 valence electrons. The van der Waals surface area contributed by atoms with Crippen molar-refractivity contribution in [2.75, 3.05) is 23.5 Å². The van der Waals surface area contributed by atoms with Gasteiger partial charge in [-0.25, -0.2) is 23.4 Å². The van der Waals surface area contributed by atoms with E-state index in [1.54, 1.807) is 24.4 Å². The largest absolute Gasteiger partial charge is 0.374 e. The Morgan fingerprint density at radius 3 is 2.53 bits per heavy atom. The summed E-state index contributed by atoms with van der Waals surface area (Å²) in [6.45, 7) is 6.32. The van der Waals surface area contributed by atoms with E-state index in [1.165, 1.54) is 6.26 Å². The summed E-state index contributed by atoms with van der Waals surface area (Å²) < 4.78 is 31.4. The highest BCUT2D eigenvalue weighted by Gasteiger charge is 2.22. The van der Waals surface area contributed by atoms with Gasteiger partial charge in [0.15, 0.2) is 15.5 Å². The smallest absolute Gasteiger partial charge is 0.177 e. The van der Waals surface area contributed by atoms with Crippen molar-refractivity contribution in [3.8, 4) is 0 Å². The first-order chi connectivity index (χ1) is 17.2. The lowest BCUT2D eigenvalue weighted by atomic mass is 10.0. The molecule has 0 bridgehead atoms. The molecular formula is C25H29N7O3S. The number of fused-ring (bicyclic) bond motifs is 1. The Labute approximate surface area is 209 Å². The molecule has 1 aromatic carbocycles. The van der Waals surface area contributed by atoms with Gasteiger partial charge in [-0.1, -0.05) is 6.07 Å². The quantitative estimate of drug-likeness (QED) is 0.336. The van der Waals surface area contributed by atoms with Crippen LogP contribution in [0.15, 0.2) is 35.4 Å². The standard InChI is InChI=1S/C25H29N7O3S/c1-14-15(2)27-23(13-26-14)31-22-12-19(24-25(32-22)29-16(3)28-24)30-18-9-8-17(11-21(18)36(4,33)34)20-7-5-6-10-35-20/h8-9,11-13,20H,5-7,10H2,1-4H3,(H3,27,28,29,30,31,32). The molecule has 5 rings (SSSR count). The van der Waals surface area contributed by atoms with E-state index in [2.05, 4.69) is 35.6 Å². The molecule has 10 nitrogen and oxygen atoms in total. The second-order valence-electron chi connectivity index (χ2n) is 9.13. The highest BCUT2D eigenvalue weighted by Crippen LogP contribution is 2.35. The summed E-state index contributed by atoms with van der Waals surface area (Å²) in [6.07, 6.45) is 5.74. The maximum absolute atomic E-state index is 12.8. The number of ether oxygens (including phenoxy) is 1. The average molecular weight is 508 g/mol. The van der Waals surface area contributed by atoms with Gasteiger partial charge >= 0.3 is 0 Å². The number of sulfone groups is 1. The molecule has 0 radical (unpaired) electrons. The summed E-state index contributed by atoms with van der Waals surface area (Å²) in [5.74, 6) is 1.76. The Balaban J connectivity index is 1.54. The lowest BCUT2D eigenvalue weighted by Gasteiger charge is -2.24. The Morgan fingerprint density at radius 2 is 1.81 bits per heavy atom. The summed E-state index contributed by atoms with van der Waals surface area (Å²) in [6, 6.07) is 7.21. The third-order valence-corrected chi connectivity index (χ3v) is 7.38. The van der Waals surface area contributed by atoms with Crippen molar-refractivity contribution in [1.29, 1.82) is 0 Å². The normalized spacial score (nSPS) is 16.3. The number of aryl methyl sites for hydroxylation is 3. The van der Waals surface area contributed by atoms with Gasteiger partial charge in [0.1, 0.15) is 23.0 Å². The van der Waals surface area contributed by atoms with Gasteiger partial charge in [0.05, 0.1) is 40.0 Å². The van der Waals surface area contributed by atoms with Crippen LogP contribution in [0.3, 0.4) is 0 Å². The molecule has 36 heavy (non-hydrogen) atoms. The predicted molar refractivity (Wildman–Crippen MR) is 139 cm³/mol. The number of hydrogen-bond donors (Lipinski definition) is 3. The first kappa shape index (κ1) is 24.1. The number of aromatic nitrogens is 5. The predicted octanol–water partition coefficient (Wildman–Crippen LogP) is 4.81. The van der Waals surface area contributed by atoms with Crippen molar-refractivity contribution in [2.45, 2.75) is 51.0 Å². The average Bonchev–Trinajstić information content (AvgIpc) is 3.22. The zero-order valence-corrected chi connectivity index (χ0v) is 21.5. The number of hydrogen-bond acceptors (Lipinski definition) is 9. The van der Waals surface area contributed by atoms with E-state index in [1.807, 2.05) is 26.8 Å². The second kappa shape index (κ2) is 9.47. The number of nitrogens with one attached hydrogen (secondary N) is 3. The number of pyridine rings is 1. The molecular weight excluding hydrogens is 478 g/mol. The van der Waals surface area contributed by atoms with Crippen LogP contribution < -0.4 is 10.6 Å². The zero-order chi connectivity index (χ0) is 25.4. The fourth-order valence-electron chi connectivity index (χ4n) is 4.30. The van der Waals surface area contributed by atoms with E-state index in [0.717, 1.165) is 36.2 Å². The minimum atomic E-state index is -3.53. The van der Waals surface area contributed by atoms with Crippen LogP contribution in [0.2, 0.25) is 0 Å². The number of rotatable bonds is 6. The van der Waals surface area contributed by atoms with Crippen LogP contribution >= 0.6 is 0 Å². The highest BCUT2D eigenvalue weighted by atomic mass is 32.2. The highest BCUT2D eigenvalue weighted by molar-refractivity contribution is 7.90. The van der Waals surface area contributed by atoms with Crippen molar-refractivity contribution in [1.82, 2.24) is 24.9 Å². The molecule has 1 aliphatic rings. The van der Waals surface area contributed by atoms with Crippen LogP contribution in [0.1, 0.15) is 48.1 Å². The lowest BCUT2D eigenvalue weighted by Crippen LogP contribution is -2.13. The molecule has 1 saturated heterocycles. The van der Waals surface area contributed by atoms with Gasteiger partial charge in [0, 0.05) is 18.9 Å². The third kappa shape index (κ3) is 5.02. The molecule has 1 fully saturated rings. The van der Waals surface area contributed by atoms with E-state index < -0.39 is 9.84 Å². The first-order valence-electron chi connectivity index (χ1n) is 11.8. The first-order valence-corrected chi connectivity index (χ1v) is 13.7. The van der Waals surface area contributed by atoms with Gasteiger partial charge in [-0.3, -0.25) is 4.98 Å². The molecule has 0 spiro atoms. The van der Waals surface area contributed by atoms with Gasteiger partial charge in [0.2, 0.25) is 0 Å². The molecule has 0 aliphatic carbocycles. The van der Waals surface area contributed by atoms with Gasteiger partial charge in [-0.2, -0.15) is 0 Å². The number of benzene rings is 1. The van der Waals surface area contributed by atoms with Gasteiger partial charge in [-0.15, -0.1) is 0 Å². The monoisotopic (exact) mass is 507 g/mol. The second-order valence-corrected chi connectivity index (χ2v) is 11.1. The van der Waals surface area contributed by atoms with Crippen molar-refractivity contribution in [3.05, 3.63) is 53.2 Å². The van der Waals surface area contributed by atoms with E-state index in [0.29, 0.717) is 46.6 Å². The molecule has 0 amide bonds. The number of imidazole rings is 1. The fourth-order valence-corrected chi connectivity index (χ4v) is 5.16. The molecule has 4 heterocycles. The Hall–Kier alpha value is -3.57. The van der Waals surface area contributed by atoms with Crippen molar-refractivity contribution in [3.63, 3.8) is 0 Å². The molecule has 0 saturated carbocycles. The molecule has 11 heteroatoms. The lowest BCUT2D eigenvalue weighted by molar-refractivity contribution is 0.0148. The maximum atomic E-state index is 12.8. The van der Waals surface area contributed by atoms with E-state index in [-0.39, 0.29) is 11.0 Å². The van der Waals surface area contributed by atoms with Crippen LogP contribution in [0.5, 0.6) is 0 Å². The van der Waals surface area contributed by atoms with Gasteiger partial charge in [0.25, 0.3) is 0 Å². The molecule has 4 aromatic rings. The molecule has 3 N–H and O–H groups in total. The fraction of sp³-hybridized carbons (Fsp3) is 0.360. The maximum Gasteiger partial charge on any atom is 0.177 e. The molecule has 1 atom stereocenters. The van der Waals surface area contributed by atoms with E-state index in [4.69, 9.17) is 4.74 Å². The van der Waals surface area contributed by atoms with Crippen molar-refractivity contribution in [2.24, 2.45) is 0 Å². The van der Waals surface area contributed by atoms with Crippen LogP contribution in [-0.2, 0) is 14.6 Å². The Bertz CT molecular complexity index is 1540. The number of aromatic amines is 1. The summed E-state index contributed by atoms with van der Waals surface area (Å²) >= 11 is 0. The Kier molecular flexibility index (Phi) is 6.35. The molecule has 3 aromatic heterocycles. The van der Waals surface area contributed by atoms with Crippen LogP contribution in [0, 0.1) is 20.8 Å². The van der Waals surface area contributed by atoms with E-state index in [9.17, 15) is 8.42 Å². The SMILES string of the molecule is Cc1nc2c(Nc3ccc(C4CCCCO4)cc3S(C)(=O)=O)cc(Nc3cnc(C)c(C)n3)nc2[nH]1. The van der Waals surface area contributed by atoms with Crippen LogP contribution in [0.25, 0.3) is 11.2 Å². The van der Waals surface area contributed by atoms with Crippen molar-refractivity contribution < 1.29 is 13.2 Å². The molecule has 1 unspecified atom stereocenters. The van der Waals surface area contributed by atoms with Gasteiger partial charge in [-0.05, 0) is 57.7 Å².